The van der Waals surface area contributed by atoms with Crippen LogP contribution in [-0.2, 0) is 4.79 Å². The number of fused-ring (bicyclic) bond motifs is 1. The molecule has 3 rings (SSSR count). The Hall–Kier alpha value is -2.50. The Balaban J connectivity index is 1.56. The fraction of sp³-hybridized carbons (Fsp3) is 0.167. The summed E-state index contributed by atoms with van der Waals surface area (Å²) in [6.07, 6.45) is 5.60. The number of rotatable bonds is 5. The van der Waals surface area contributed by atoms with Crippen molar-refractivity contribution in [3.63, 3.8) is 0 Å². The highest BCUT2D eigenvalue weighted by molar-refractivity contribution is 6.30. The van der Waals surface area contributed by atoms with Gasteiger partial charge < -0.3 is 19.6 Å². The molecule has 6 heteroatoms. The number of furan rings is 1. The van der Waals surface area contributed by atoms with Crippen molar-refractivity contribution in [3.8, 4) is 5.75 Å². The van der Waals surface area contributed by atoms with Crippen molar-refractivity contribution in [2.45, 2.75) is 6.10 Å². The van der Waals surface area contributed by atoms with E-state index < -0.39 is 6.10 Å². The predicted octanol–water partition coefficient (Wildman–Crippen LogP) is 3.11. The summed E-state index contributed by atoms with van der Waals surface area (Å²) in [5.41, 5.74) is 1.73. The van der Waals surface area contributed by atoms with Crippen molar-refractivity contribution < 1.29 is 19.1 Å². The lowest BCUT2D eigenvalue weighted by atomic mass is 10.1. The molecule has 0 aliphatic carbocycles. The van der Waals surface area contributed by atoms with Gasteiger partial charge in [-0.1, -0.05) is 17.7 Å². The molecule has 1 aliphatic heterocycles. The average molecular weight is 346 g/mol. The smallest absolute Gasteiger partial charge is 0.244 e. The minimum absolute atomic E-state index is 0.0741. The molecule has 0 saturated carbocycles. The minimum Gasteiger partial charge on any atom is -0.488 e. The van der Waals surface area contributed by atoms with E-state index in [4.69, 9.17) is 20.8 Å². The molecule has 2 aromatic rings. The molecule has 2 heterocycles. The zero-order valence-corrected chi connectivity index (χ0v) is 13.5. The van der Waals surface area contributed by atoms with E-state index in [0.717, 1.165) is 16.9 Å². The Morgan fingerprint density at radius 2 is 2.29 bits per heavy atom. The van der Waals surface area contributed by atoms with E-state index in [-0.39, 0.29) is 12.5 Å². The zero-order chi connectivity index (χ0) is 16.9. The molecule has 1 aromatic heterocycles. The molecule has 1 unspecified atom stereocenters. The van der Waals surface area contributed by atoms with Crippen LogP contribution in [0.3, 0.4) is 0 Å². The second-order valence-electron chi connectivity index (χ2n) is 5.30. The molecule has 1 amide bonds. The van der Waals surface area contributed by atoms with Crippen molar-refractivity contribution in [1.82, 2.24) is 5.32 Å². The minimum atomic E-state index is -0.872. The molecule has 1 atom stereocenters. The standard InChI is InChI=1S/C18H16ClNO4/c19-14-4-5-16-13(9-14)8-12(11-24-16)3-6-18(22)20-10-15(21)17-2-1-7-23-17/h1-9,15,21H,10-11H2,(H,20,22)/b6-3+. The van der Waals surface area contributed by atoms with Gasteiger partial charge in [-0.15, -0.1) is 0 Å². The zero-order valence-electron chi connectivity index (χ0n) is 12.7. The van der Waals surface area contributed by atoms with Crippen LogP contribution in [0.4, 0.5) is 0 Å². The number of carbonyl (C=O) groups is 1. The van der Waals surface area contributed by atoms with E-state index in [1.807, 2.05) is 18.2 Å². The first-order valence-corrected chi connectivity index (χ1v) is 7.80. The second kappa shape index (κ2) is 7.38. The third kappa shape index (κ3) is 4.07. The van der Waals surface area contributed by atoms with Gasteiger partial charge in [-0.05, 0) is 42.0 Å². The summed E-state index contributed by atoms with van der Waals surface area (Å²) in [6.45, 7) is 0.456. The average Bonchev–Trinajstić information content (AvgIpc) is 3.12. The summed E-state index contributed by atoms with van der Waals surface area (Å²) < 4.78 is 10.7. The molecule has 124 valence electrons. The number of ether oxygens (including phenoxy) is 1. The highest BCUT2D eigenvalue weighted by Gasteiger charge is 2.12. The van der Waals surface area contributed by atoms with Crippen LogP contribution in [0.15, 0.2) is 58.7 Å². The maximum absolute atomic E-state index is 11.8. The Kier molecular flexibility index (Phi) is 5.03. The van der Waals surface area contributed by atoms with E-state index >= 15 is 0 Å². The lowest BCUT2D eigenvalue weighted by Crippen LogP contribution is -2.26. The van der Waals surface area contributed by atoms with Crippen LogP contribution >= 0.6 is 11.6 Å². The van der Waals surface area contributed by atoms with Crippen LogP contribution in [0.25, 0.3) is 6.08 Å². The lowest BCUT2D eigenvalue weighted by Gasteiger charge is -2.16. The number of hydrogen-bond acceptors (Lipinski definition) is 4. The van der Waals surface area contributed by atoms with Crippen LogP contribution < -0.4 is 10.1 Å². The molecule has 24 heavy (non-hydrogen) atoms. The molecule has 0 radical (unpaired) electrons. The van der Waals surface area contributed by atoms with Gasteiger partial charge in [0, 0.05) is 16.7 Å². The highest BCUT2D eigenvalue weighted by atomic mass is 35.5. The molecular formula is C18H16ClNO4. The first kappa shape index (κ1) is 16.4. The maximum atomic E-state index is 11.8. The van der Waals surface area contributed by atoms with Crippen LogP contribution in [0.5, 0.6) is 5.75 Å². The van der Waals surface area contributed by atoms with Gasteiger partial charge in [0.25, 0.3) is 0 Å². The van der Waals surface area contributed by atoms with Crippen molar-refractivity contribution in [2.24, 2.45) is 0 Å². The molecule has 0 fully saturated rings. The number of carbonyl (C=O) groups excluding carboxylic acids is 1. The van der Waals surface area contributed by atoms with Crippen LogP contribution in [0, 0.1) is 0 Å². The van der Waals surface area contributed by atoms with Gasteiger partial charge >= 0.3 is 0 Å². The van der Waals surface area contributed by atoms with Crippen LogP contribution in [-0.4, -0.2) is 24.2 Å². The fourth-order valence-electron chi connectivity index (χ4n) is 2.28. The summed E-state index contributed by atoms with van der Waals surface area (Å²) in [7, 11) is 0. The number of aliphatic hydroxyl groups excluding tert-OH is 1. The van der Waals surface area contributed by atoms with Gasteiger partial charge in [-0.3, -0.25) is 4.79 Å². The molecule has 5 nitrogen and oxygen atoms in total. The van der Waals surface area contributed by atoms with Crippen molar-refractivity contribution >= 4 is 23.6 Å². The van der Waals surface area contributed by atoms with Gasteiger partial charge in [0.05, 0.1) is 12.8 Å². The second-order valence-corrected chi connectivity index (χ2v) is 5.74. The van der Waals surface area contributed by atoms with Gasteiger partial charge in [0.1, 0.15) is 24.2 Å². The normalized spacial score (nSPS) is 14.7. The third-order valence-electron chi connectivity index (χ3n) is 3.50. The molecular weight excluding hydrogens is 330 g/mol. The summed E-state index contributed by atoms with van der Waals surface area (Å²) in [6, 6.07) is 8.73. The molecule has 0 saturated heterocycles. The predicted molar refractivity (Wildman–Crippen MR) is 90.7 cm³/mol. The van der Waals surface area contributed by atoms with E-state index in [1.54, 1.807) is 24.3 Å². The Morgan fingerprint density at radius 1 is 1.42 bits per heavy atom. The van der Waals surface area contributed by atoms with E-state index in [1.165, 1.54) is 12.3 Å². The van der Waals surface area contributed by atoms with Crippen molar-refractivity contribution in [3.05, 3.63) is 70.7 Å². The van der Waals surface area contributed by atoms with Gasteiger partial charge in [0.2, 0.25) is 5.91 Å². The number of amides is 1. The van der Waals surface area contributed by atoms with E-state index in [2.05, 4.69) is 5.32 Å². The number of benzene rings is 1. The molecule has 1 aromatic carbocycles. The van der Waals surface area contributed by atoms with Crippen LogP contribution in [0.2, 0.25) is 5.02 Å². The molecule has 2 N–H and O–H groups in total. The van der Waals surface area contributed by atoms with E-state index in [9.17, 15) is 9.90 Å². The summed E-state index contributed by atoms with van der Waals surface area (Å²) in [4.78, 5) is 11.8. The first-order valence-electron chi connectivity index (χ1n) is 7.42. The summed E-state index contributed by atoms with van der Waals surface area (Å²) in [5.74, 6) is 0.872. The largest absolute Gasteiger partial charge is 0.488 e. The fourth-order valence-corrected chi connectivity index (χ4v) is 2.46. The number of aliphatic hydroxyl groups is 1. The van der Waals surface area contributed by atoms with Crippen molar-refractivity contribution in [1.29, 1.82) is 0 Å². The molecule has 0 spiro atoms. The molecule has 1 aliphatic rings. The van der Waals surface area contributed by atoms with E-state index in [0.29, 0.717) is 17.4 Å². The monoisotopic (exact) mass is 345 g/mol. The number of nitrogens with one attached hydrogen (secondary N) is 1. The van der Waals surface area contributed by atoms with Gasteiger partial charge in [0.15, 0.2) is 0 Å². The Bertz CT molecular complexity index is 780. The Labute approximate surface area is 144 Å². The van der Waals surface area contributed by atoms with Crippen molar-refractivity contribution in [2.75, 3.05) is 13.2 Å². The number of halogens is 1. The highest BCUT2D eigenvalue weighted by Crippen LogP contribution is 2.29. The van der Waals surface area contributed by atoms with Gasteiger partial charge in [-0.2, -0.15) is 0 Å². The quantitative estimate of drug-likeness (QED) is 0.817. The SMILES string of the molecule is O=C(/C=C/C1=Cc2cc(Cl)ccc2OC1)NCC(O)c1ccco1. The lowest BCUT2D eigenvalue weighted by molar-refractivity contribution is -0.117. The topological polar surface area (TPSA) is 71.7 Å². The summed E-state index contributed by atoms with van der Waals surface area (Å²) in [5, 5.41) is 13.1. The third-order valence-corrected chi connectivity index (χ3v) is 3.73. The van der Waals surface area contributed by atoms with Gasteiger partial charge in [-0.25, -0.2) is 0 Å². The summed E-state index contributed by atoms with van der Waals surface area (Å²) >= 11 is 5.97. The molecule has 0 bridgehead atoms. The van der Waals surface area contributed by atoms with Crippen LogP contribution in [0.1, 0.15) is 17.4 Å². The Morgan fingerprint density at radius 3 is 3.08 bits per heavy atom. The number of hydrogen-bond donors (Lipinski definition) is 2. The first-order chi connectivity index (χ1) is 11.6. The maximum Gasteiger partial charge on any atom is 0.244 e.